The van der Waals surface area contributed by atoms with E-state index in [2.05, 4.69) is 6.58 Å². The summed E-state index contributed by atoms with van der Waals surface area (Å²) in [6.45, 7) is 5.52. The van der Waals surface area contributed by atoms with E-state index in [0.717, 1.165) is 10.4 Å². The van der Waals surface area contributed by atoms with Crippen molar-refractivity contribution in [3.63, 3.8) is 0 Å². The van der Waals surface area contributed by atoms with Gasteiger partial charge >= 0.3 is 6.18 Å². The number of allylic oxidation sites excluding steroid dienone is 1. The smallest absolute Gasteiger partial charge is 0.170 e. The van der Waals surface area contributed by atoms with Crippen LogP contribution in [0.15, 0.2) is 24.1 Å². The minimum atomic E-state index is -4.10. The summed E-state index contributed by atoms with van der Waals surface area (Å²) in [7, 11) is 0. The van der Waals surface area contributed by atoms with Crippen LogP contribution in [0.1, 0.15) is 35.6 Å². The molecule has 1 heterocycles. The van der Waals surface area contributed by atoms with Crippen molar-refractivity contribution in [2.24, 2.45) is 5.41 Å². The second kappa shape index (κ2) is 4.16. The number of alkyl halides is 3. The molecule has 0 nitrogen and oxygen atoms in total. The number of rotatable bonds is 4. The Labute approximate surface area is 103 Å². The van der Waals surface area contributed by atoms with Gasteiger partial charge in [0.25, 0.3) is 0 Å². The van der Waals surface area contributed by atoms with Crippen molar-refractivity contribution in [3.05, 3.63) is 34.5 Å². The molecule has 0 aromatic carbocycles. The zero-order chi connectivity index (χ0) is 12.7. The van der Waals surface area contributed by atoms with Gasteiger partial charge < -0.3 is 0 Å². The SMILES string of the molecule is C=CCC(c1csc(C)c1)C1(C(F)(F)F)CC1. The van der Waals surface area contributed by atoms with Gasteiger partial charge in [-0.3, -0.25) is 0 Å². The molecule has 1 aliphatic rings. The third kappa shape index (κ3) is 2.15. The predicted molar refractivity (Wildman–Crippen MR) is 64.3 cm³/mol. The molecule has 4 heteroatoms. The summed E-state index contributed by atoms with van der Waals surface area (Å²) in [5, 5.41) is 1.86. The molecule has 0 saturated heterocycles. The quantitative estimate of drug-likeness (QED) is 0.664. The molecule has 1 aromatic heterocycles. The number of aryl methyl sites for hydroxylation is 1. The van der Waals surface area contributed by atoms with Gasteiger partial charge in [-0.25, -0.2) is 0 Å². The average molecular weight is 260 g/mol. The first-order chi connectivity index (χ1) is 7.90. The molecule has 1 aliphatic carbocycles. The van der Waals surface area contributed by atoms with Gasteiger partial charge in [-0.05, 0) is 43.2 Å². The van der Waals surface area contributed by atoms with Crippen LogP contribution in [0.5, 0.6) is 0 Å². The van der Waals surface area contributed by atoms with Crippen molar-refractivity contribution in [2.45, 2.75) is 38.3 Å². The van der Waals surface area contributed by atoms with Crippen LogP contribution < -0.4 is 0 Å². The fourth-order valence-corrected chi connectivity index (χ4v) is 3.22. The Bertz CT molecular complexity index is 413. The van der Waals surface area contributed by atoms with Crippen LogP contribution in [-0.2, 0) is 0 Å². The van der Waals surface area contributed by atoms with Gasteiger partial charge in [-0.2, -0.15) is 13.2 Å². The molecular weight excluding hydrogens is 245 g/mol. The summed E-state index contributed by atoms with van der Waals surface area (Å²) in [6, 6.07) is 1.88. The third-order valence-corrected chi connectivity index (χ3v) is 4.46. The average Bonchev–Trinajstić information content (AvgIpc) is 2.93. The zero-order valence-electron chi connectivity index (χ0n) is 9.68. The van der Waals surface area contributed by atoms with E-state index in [4.69, 9.17) is 0 Å². The van der Waals surface area contributed by atoms with E-state index < -0.39 is 17.5 Å². The molecule has 0 spiro atoms. The highest BCUT2D eigenvalue weighted by Gasteiger charge is 2.66. The second-order valence-corrected chi connectivity index (χ2v) is 5.84. The largest absolute Gasteiger partial charge is 0.395 e. The van der Waals surface area contributed by atoms with Crippen LogP contribution >= 0.6 is 11.3 Å². The van der Waals surface area contributed by atoms with E-state index in [1.54, 1.807) is 6.08 Å². The predicted octanol–water partition coefficient (Wildman–Crippen LogP) is 5.06. The van der Waals surface area contributed by atoms with Crippen molar-refractivity contribution >= 4 is 11.3 Å². The lowest BCUT2D eigenvalue weighted by Crippen LogP contribution is -2.30. The van der Waals surface area contributed by atoms with E-state index in [1.807, 2.05) is 18.4 Å². The Hall–Kier alpha value is -0.770. The topological polar surface area (TPSA) is 0 Å². The number of thiophene rings is 1. The summed E-state index contributed by atoms with van der Waals surface area (Å²) in [6.07, 6.45) is -1.59. The minimum Gasteiger partial charge on any atom is -0.170 e. The molecule has 17 heavy (non-hydrogen) atoms. The molecule has 0 aliphatic heterocycles. The molecule has 1 fully saturated rings. The van der Waals surface area contributed by atoms with Crippen molar-refractivity contribution in [3.8, 4) is 0 Å². The van der Waals surface area contributed by atoms with E-state index in [1.165, 1.54) is 11.3 Å². The molecule has 1 unspecified atom stereocenters. The number of hydrogen-bond acceptors (Lipinski definition) is 1. The van der Waals surface area contributed by atoms with Crippen molar-refractivity contribution < 1.29 is 13.2 Å². The maximum Gasteiger partial charge on any atom is 0.395 e. The third-order valence-electron chi connectivity index (χ3n) is 3.58. The molecule has 0 radical (unpaired) electrons. The van der Waals surface area contributed by atoms with Crippen molar-refractivity contribution in [1.29, 1.82) is 0 Å². The first kappa shape index (κ1) is 12.7. The van der Waals surface area contributed by atoms with Gasteiger partial charge in [-0.1, -0.05) is 6.08 Å². The fraction of sp³-hybridized carbons (Fsp3) is 0.538. The summed E-state index contributed by atoms with van der Waals surface area (Å²) in [4.78, 5) is 1.06. The fourth-order valence-electron chi connectivity index (χ4n) is 2.46. The second-order valence-electron chi connectivity index (χ2n) is 4.72. The standard InChI is InChI=1S/C13H15F3S/c1-3-4-11(10-7-9(2)17-8-10)12(5-6-12)13(14,15)16/h3,7-8,11H,1,4-6H2,2H3. The first-order valence-electron chi connectivity index (χ1n) is 5.63. The van der Waals surface area contributed by atoms with Gasteiger partial charge in [0.2, 0.25) is 0 Å². The monoisotopic (exact) mass is 260 g/mol. The Morgan fingerprint density at radius 1 is 1.53 bits per heavy atom. The highest BCUT2D eigenvalue weighted by Crippen LogP contribution is 2.66. The van der Waals surface area contributed by atoms with Gasteiger partial charge in [0, 0.05) is 10.8 Å². The molecule has 1 aromatic rings. The van der Waals surface area contributed by atoms with Crippen molar-refractivity contribution in [2.75, 3.05) is 0 Å². The maximum atomic E-state index is 13.1. The highest BCUT2D eigenvalue weighted by molar-refractivity contribution is 7.10. The molecule has 1 atom stereocenters. The lowest BCUT2D eigenvalue weighted by Gasteiger charge is -2.28. The Morgan fingerprint density at radius 2 is 2.18 bits per heavy atom. The van der Waals surface area contributed by atoms with Gasteiger partial charge in [-0.15, -0.1) is 17.9 Å². The lowest BCUT2D eigenvalue weighted by molar-refractivity contribution is -0.194. The first-order valence-corrected chi connectivity index (χ1v) is 6.51. The van der Waals surface area contributed by atoms with Crippen LogP contribution in [0.3, 0.4) is 0 Å². The van der Waals surface area contributed by atoms with Crippen LogP contribution in [0.2, 0.25) is 0 Å². The Balaban J connectivity index is 2.33. The summed E-state index contributed by atoms with van der Waals surface area (Å²) < 4.78 is 39.4. The summed E-state index contributed by atoms with van der Waals surface area (Å²) in [5.41, 5.74) is -0.670. The summed E-state index contributed by atoms with van der Waals surface area (Å²) in [5.74, 6) is -0.454. The van der Waals surface area contributed by atoms with E-state index in [-0.39, 0.29) is 12.8 Å². The van der Waals surface area contributed by atoms with Crippen LogP contribution in [0.4, 0.5) is 13.2 Å². The van der Waals surface area contributed by atoms with Gasteiger partial charge in [0.05, 0.1) is 5.41 Å². The molecule has 0 amide bonds. The molecule has 2 rings (SSSR count). The van der Waals surface area contributed by atoms with E-state index in [9.17, 15) is 13.2 Å². The molecule has 1 saturated carbocycles. The summed E-state index contributed by atoms with van der Waals surface area (Å²) >= 11 is 1.51. The van der Waals surface area contributed by atoms with Crippen molar-refractivity contribution in [1.82, 2.24) is 0 Å². The highest BCUT2D eigenvalue weighted by atomic mass is 32.1. The van der Waals surface area contributed by atoms with Crippen LogP contribution in [0.25, 0.3) is 0 Å². The molecule has 94 valence electrons. The van der Waals surface area contributed by atoms with Gasteiger partial charge in [0.15, 0.2) is 0 Å². The number of halogens is 3. The number of hydrogen-bond donors (Lipinski definition) is 0. The van der Waals surface area contributed by atoms with Crippen LogP contribution in [0, 0.1) is 12.3 Å². The van der Waals surface area contributed by atoms with Gasteiger partial charge in [0.1, 0.15) is 0 Å². The zero-order valence-corrected chi connectivity index (χ0v) is 10.5. The Kier molecular flexibility index (Phi) is 3.10. The molecule has 0 bridgehead atoms. The molecular formula is C13H15F3S. The molecule has 0 N–H and O–H groups in total. The van der Waals surface area contributed by atoms with E-state index >= 15 is 0 Å². The normalized spacial score (nSPS) is 20.0. The van der Waals surface area contributed by atoms with Crippen LogP contribution in [-0.4, -0.2) is 6.18 Å². The minimum absolute atomic E-state index is 0.254. The lowest BCUT2D eigenvalue weighted by atomic mass is 9.81. The Morgan fingerprint density at radius 3 is 2.53 bits per heavy atom. The van der Waals surface area contributed by atoms with E-state index in [0.29, 0.717) is 6.42 Å². The maximum absolute atomic E-state index is 13.1.